The molecule has 0 radical (unpaired) electrons. The van der Waals surface area contributed by atoms with Gasteiger partial charge in [-0.25, -0.2) is 4.98 Å². The number of rotatable bonds is 5. The summed E-state index contributed by atoms with van der Waals surface area (Å²) >= 11 is 0. The number of amides is 1. The lowest BCUT2D eigenvalue weighted by molar-refractivity contribution is -0.116. The Balaban J connectivity index is 2.92. The molecular weight excluding hydrogens is 206 g/mol. The van der Waals surface area contributed by atoms with Crippen LogP contribution in [0.5, 0.6) is 0 Å². The van der Waals surface area contributed by atoms with E-state index in [-0.39, 0.29) is 6.54 Å². The summed E-state index contributed by atoms with van der Waals surface area (Å²) < 4.78 is 0. The van der Waals surface area contributed by atoms with E-state index in [0.717, 1.165) is 5.56 Å². The van der Waals surface area contributed by atoms with E-state index in [1.807, 2.05) is 6.92 Å². The van der Waals surface area contributed by atoms with E-state index in [1.54, 1.807) is 30.2 Å². The maximum absolute atomic E-state index is 10.9. The van der Waals surface area contributed by atoms with Crippen molar-refractivity contribution in [2.45, 2.75) is 20.0 Å². The Hall–Kier alpha value is -1.62. The fourth-order valence-corrected chi connectivity index (χ4v) is 1.41. The zero-order valence-corrected chi connectivity index (χ0v) is 9.55. The van der Waals surface area contributed by atoms with E-state index in [9.17, 15) is 9.90 Å². The van der Waals surface area contributed by atoms with E-state index in [0.29, 0.717) is 12.4 Å². The zero-order chi connectivity index (χ0) is 12.1. The molecule has 88 valence electrons. The van der Waals surface area contributed by atoms with Gasteiger partial charge in [-0.15, -0.1) is 0 Å². The maximum atomic E-state index is 10.9. The first kappa shape index (κ1) is 12.4. The van der Waals surface area contributed by atoms with Crippen LogP contribution in [0, 0.1) is 0 Å². The van der Waals surface area contributed by atoms with Gasteiger partial charge in [0.2, 0.25) is 5.91 Å². The Bertz CT molecular complexity index is 366. The summed E-state index contributed by atoms with van der Waals surface area (Å²) in [6, 6.07) is 3.50. The third kappa shape index (κ3) is 3.20. The molecule has 0 spiro atoms. The van der Waals surface area contributed by atoms with Crippen molar-refractivity contribution in [3.8, 4) is 0 Å². The van der Waals surface area contributed by atoms with Crippen LogP contribution < -0.4 is 10.6 Å². The van der Waals surface area contributed by atoms with Crippen LogP contribution in [0.4, 0.5) is 5.82 Å². The normalized spacial score (nSPS) is 12.2. The molecule has 0 aliphatic rings. The number of hydrogen-bond acceptors (Lipinski definition) is 4. The van der Waals surface area contributed by atoms with Crippen LogP contribution in [0.2, 0.25) is 0 Å². The minimum atomic E-state index is -0.547. The van der Waals surface area contributed by atoms with E-state index >= 15 is 0 Å². The van der Waals surface area contributed by atoms with Gasteiger partial charge in [0.05, 0.1) is 12.6 Å². The predicted octanol–water partition coefficient (Wildman–Crippen LogP) is 0.446. The summed E-state index contributed by atoms with van der Waals surface area (Å²) in [6.07, 6.45) is 1.06. The van der Waals surface area contributed by atoms with E-state index in [2.05, 4.69) is 4.98 Å². The standard InChI is InChI=1S/C11H17N3O2/c1-3-14(7-10(12)16)11-6-9(8(2)15)4-5-13-11/h4-6,8,15H,3,7H2,1-2H3,(H2,12,16)/t8-/m1/s1. The highest BCUT2D eigenvalue weighted by molar-refractivity contribution is 5.79. The lowest BCUT2D eigenvalue weighted by Gasteiger charge is -2.20. The van der Waals surface area contributed by atoms with E-state index in [4.69, 9.17) is 5.73 Å². The second kappa shape index (κ2) is 5.46. The van der Waals surface area contributed by atoms with Crippen LogP contribution in [0.15, 0.2) is 18.3 Å². The molecule has 0 aliphatic heterocycles. The third-order valence-electron chi connectivity index (χ3n) is 2.30. The van der Waals surface area contributed by atoms with Crippen LogP contribution in [0.25, 0.3) is 0 Å². The molecule has 0 unspecified atom stereocenters. The number of nitrogens with zero attached hydrogens (tertiary/aromatic N) is 2. The SMILES string of the molecule is CCN(CC(N)=O)c1cc([C@@H](C)O)ccn1. The van der Waals surface area contributed by atoms with Gasteiger partial charge in [-0.1, -0.05) is 0 Å². The average molecular weight is 223 g/mol. The number of nitrogens with two attached hydrogens (primary N) is 1. The largest absolute Gasteiger partial charge is 0.389 e. The molecule has 1 atom stereocenters. The lowest BCUT2D eigenvalue weighted by Crippen LogP contribution is -2.34. The van der Waals surface area contributed by atoms with Crippen molar-refractivity contribution in [1.82, 2.24) is 4.98 Å². The van der Waals surface area contributed by atoms with Gasteiger partial charge in [0.1, 0.15) is 5.82 Å². The van der Waals surface area contributed by atoms with Crippen LogP contribution in [-0.2, 0) is 4.79 Å². The summed E-state index contributed by atoms with van der Waals surface area (Å²) in [5.41, 5.74) is 5.92. The molecule has 0 aliphatic carbocycles. The second-order valence-corrected chi connectivity index (χ2v) is 3.60. The highest BCUT2D eigenvalue weighted by Crippen LogP contribution is 2.17. The number of hydrogen-bond donors (Lipinski definition) is 2. The Labute approximate surface area is 94.9 Å². The molecule has 3 N–H and O–H groups in total. The summed E-state index contributed by atoms with van der Waals surface area (Å²) in [6.45, 7) is 4.37. The first-order chi connectivity index (χ1) is 7.54. The number of carbonyl (C=O) groups excluding carboxylic acids is 1. The first-order valence-corrected chi connectivity index (χ1v) is 5.21. The summed E-state index contributed by atoms with van der Waals surface area (Å²) in [7, 11) is 0. The Morgan fingerprint density at radius 1 is 1.69 bits per heavy atom. The molecule has 0 bridgehead atoms. The number of carbonyl (C=O) groups is 1. The number of aliphatic hydroxyl groups excluding tert-OH is 1. The van der Waals surface area contributed by atoms with Crippen molar-refractivity contribution in [2.24, 2.45) is 5.73 Å². The summed E-state index contributed by atoms with van der Waals surface area (Å²) in [4.78, 5) is 16.8. The smallest absolute Gasteiger partial charge is 0.236 e. The predicted molar refractivity (Wildman–Crippen MR) is 62.0 cm³/mol. The summed E-state index contributed by atoms with van der Waals surface area (Å²) in [5.74, 6) is 0.255. The molecular formula is C11H17N3O2. The fraction of sp³-hybridized carbons (Fsp3) is 0.455. The van der Waals surface area contributed by atoms with Crippen LogP contribution >= 0.6 is 0 Å². The monoisotopic (exact) mass is 223 g/mol. The van der Waals surface area contributed by atoms with Gasteiger partial charge in [-0.2, -0.15) is 0 Å². The molecule has 16 heavy (non-hydrogen) atoms. The molecule has 0 fully saturated rings. The zero-order valence-electron chi connectivity index (χ0n) is 9.55. The minimum Gasteiger partial charge on any atom is -0.389 e. The molecule has 1 aromatic rings. The van der Waals surface area contributed by atoms with Gasteiger partial charge >= 0.3 is 0 Å². The van der Waals surface area contributed by atoms with Crippen LogP contribution in [0.3, 0.4) is 0 Å². The Morgan fingerprint density at radius 3 is 2.88 bits per heavy atom. The van der Waals surface area contributed by atoms with E-state index in [1.165, 1.54) is 0 Å². The Morgan fingerprint density at radius 2 is 2.38 bits per heavy atom. The van der Waals surface area contributed by atoms with Gasteiger partial charge in [-0.05, 0) is 31.5 Å². The molecule has 0 saturated carbocycles. The quantitative estimate of drug-likeness (QED) is 0.759. The van der Waals surface area contributed by atoms with Crippen molar-refractivity contribution >= 4 is 11.7 Å². The Kier molecular flexibility index (Phi) is 4.25. The lowest BCUT2D eigenvalue weighted by atomic mass is 10.1. The van der Waals surface area contributed by atoms with Gasteiger partial charge in [-0.3, -0.25) is 4.79 Å². The van der Waals surface area contributed by atoms with Crippen molar-refractivity contribution < 1.29 is 9.90 Å². The van der Waals surface area contributed by atoms with E-state index < -0.39 is 12.0 Å². The average Bonchev–Trinajstić information content (AvgIpc) is 2.25. The number of primary amides is 1. The molecule has 5 heteroatoms. The maximum Gasteiger partial charge on any atom is 0.236 e. The molecule has 1 rings (SSSR count). The summed E-state index contributed by atoms with van der Waals surface area (Å²) in [5, 5.41) is 9.45. The van der Waals surface area contributed by atoms with Crippen molar-refractivity contribution in [1.29, 1.82) is 0 Å². The fourth-order valence-electron chi connectivity index (χ4n) is 1.41. The molecule has 1 heterocycles. The third-order valence-corrected chi connectivity index (χ3v) is 2.30. The van der Waals surface area contributed by atoms with Crippen LogP contribution in [0.1, 0.15) is 25.5 Å². The minimum absolute atomic E-state index is 0.132. The second-order valence-electron chi connectivity index (χ2n) is 3.60. The van der Waals surface area contributed by atoms with Crippen molar-refractivity contribution in [3.05, 3.63) is 23.9 Å². The topological polar surface area (TPSA) is 79.5 Å². The number of aliphatic hydroxyl groups is 1. The highest BCUT2D eigenvalue weighted by Gasteiger charge is 2.10. The van der Waals surface area contributed by atoms with Crippen molar-refractivity contribution in [3.63, 3.8) is 0 Å². The number of aromatic nitrogens is 1. The number of pyridine rings is 1. The number of anilines is 1. The number of likely N-dealkylation sites (N-methyl/N-ethyl adjacent to an activating group) is 1. The van der Waals surface area contributed by atoms with Gasteiger partial charge < -0.3 is 15.7 Å². The molecule has 5 nitrogen and oxygen atoms in total. The van der Waals surface area contributed by atoms with Gasteiger partial charge in [0.15, 0.2) is 0 Å². The van der Waals surface area contributed by atoms with Gasteiger partial charge in [0, 0.05) is 12.7 Å². The first-order valence-electron chi connectivity index (χ1n) is 5.21. The highest BCUT2D eigenvalue weighted by atomic mass is 16.3. The molecule has 0 aromatic carbocycles. The molecule has 1 amide bonds. The van der Waals surface area contributed by atoms with Crippen molar-refractivity contribution in [2.75, 3.05) is 18.0 Å². The van der Waals surface area contributed by atoms with Crippen LogP contribution in [-0.4, -0.2) is 29.1 Å². The molecule has 1 aromatic heterocycles. The van der Waals surface area contributed by atoms with Gasteiger partial charge in [0.25, 0.3) is 0 Å². The molecule has 0 saturated heterocycles.